The molecule has 0 aromatic rings. The zero-order valence-corrected chi connectivity index (χ0v) is 47.0. The average molecular weight is 1040 g/mol. The van der Waals surface area contributed by atoms with Gasteiger partial charge >= 0.3 is 0 Å². The molecule has 0 aliphatic rings. The molecule has 73 heavy (non-hydrogen) atoms. The number of likely N-dealkylation sites (N-methyl/N-ethyl adjacent to an activating group) is 3. The third kappa shape index (κ3) is 35.4. The highest BCUT2D eigenvalue weighted by molar-refractivity contribution is 5.90. The molecule has 0 bridgehead atoms. The predicted octanol–water partition coefficient (Wildman–Crippen LogP) is -0.0180. The van der Waals surface area contributed by atoms with E-state index in [1.54, 1.807) is 28.1 Å². The quantitative estimate of drug-likeness (QED) is 0.0357. The number of amides is 6. The van der Waals surface area contributed by atoms with Gasteiger partial charge in [-0.3, -0.25) is 28.8 Å². The Hall–Kier alpha value is -3.54. The lowest BCUT2D eigenvalue weighted by molar-refractivity contribution is -0.131. The topological polar surface area (TPSA) is 291 Å². The van der Waals surface area contributed by atoms with Gasteiger partial charge < -0.3 is 79.5 Å². The molecular formula is C52H108N14O7. The van der Waals surface area contributed by atoms with E-state index in [9.17, 15) is 33.9 Å². The van der Waals surface area contributed by atoms with Gasteiger partial charge in [0.15, 0.2) is 0 Å². The first kappa shape index (κ1) is 69.5. The monoisotopic (exact) mass is 1040 g/mol. The molecule has 0 aliphatic carbocycles. The van der Waals surface area contributed by atoms with E-state index >= 15 is 0 Å². The first-order valence-corrected chi connectivity index (χ1v) is 28.0. The molecule has 428 valence electrons. The summed E-state index contributed by atoms with van der Waals surface area (Å²) in [5, 5.41) is 53.9. The zero-order valence-electron chi connectivity index (χ0n) is 47.0. The van der Waals surface area contributed by atoms with Crippen LogP contribution in [0.2, 0.25) is 0 Å². The maximum Gasteiger partial charge on any atom is 0.242 e. The van der Waals surface area contributed by atoms with Crippen molar-refractivity contribution in [1.29, 1.82) is 0 Å². The second-order valence-electron chi connectivity index (χ2n) is 19.5. The summed E-state index contributed by atoms with van der Waals surface area (Å²) in [6.45, 7) is 6.38. The summed E-state index contributed by atoms with van der Waals surface area (Å²) in [5.41, 5.74) is 0. The summed E-state index contributed by atoms with van der Waals surface area (Å²) < 4.78 is 0. The molecule has 8 atom stereocenters. The van der Waals surface area contributed by atoms with Gasteiger partial charge in [0.05, 0.1) is 30.3 Å². The fraction of sp³-hybridized carbons (Fsp3) is 0.885. The normalized spacial score (nSPS) is 14.7. The highest BCUT2D eigenvalue weighted by atomic mass is 16.3. The predicted molar refractivity (Wildman–Crippen MR) is 295 cm³/mol. The molecule has 8 unspecified atom stereocenters. The molecule has 0 radical (unpaired) electrons. The molecule has 21 nitrogen and oxygen atoms in total. The second kappa shape index (κ2) is 47.0. The van der Waals surface area contributed by atoms with Crippen LogP contribution in [0.1, 0.15) is 148 Å². The highest BCUT2D eigenvalue weighted by Gasteiger charge is 2.28. The van der Waals surface area contributed by atoms with E-state index in [0.29, 0.717) is 96.7 Å². The fourth-order valence-corrected chi connectivity index (χ4v) is 8.64. The van der Waals surface area contributed by atoms with Crippen LogP contribution in [0.3, 0.4) is 0 Å². The Balaban J connectivity index is 5.62. The van der Waals surface area contributed by atoms with E-state index in [4.69, 9.17) is 0 Å². The minimum atomic E-state index is -0.888. The fourth-order valence-electron chi connectivity index (χ4n) is 8.64. The first-order chi connectivity index (χ1) is 35.3. The Morgan fingerprint density at radius 1 is 0.342 bits per heavy atom. The number of aliphatic hydroxyl groups is 1. The summed E-state index contributed by atoms with van der Waals surface area (Å²) >= 11 is 0. The van der Waals surface area contributed by atoms with Crippen molar-refractivity contribution in [3.8, 4) is 0 Å². The molecule has 0 fully saturated rings. The van der Waals surface area contributed by atoms with Gasteiger partial charge in [-0.25, -0.2) is 0 Å². The SMILES string of the molecule is CNCCCCC(CC(=O)NCCCCC(NC(=O)C(CCCCNC)NC)C(=O)NCCCCC(NC(=O)C(CCCCNC(=O)C(CCCCNC)NC)NC(=O)C(CCCCNC)NC)C(C)O)NC. The molecular weight excluding hydrogens is 933 g/mol. The summed E-state index contributed by atoms with van der Waals surface area (Å²) in [5.74, 6) is -1.27. The highest BCUT2D eigenvalue weighted by Crippen LogP contribution is 2.11. The van der Waals surface area contributed by atoms with E-state index in [-0.39, 0.29) is 41.6 Å². The molecule has 0 rings (SSSR count). The lowest BCUT2D eigenvalue weighted by Crippen LogP contribution is -2.55. The third-order valence-electron chi connectivity index (χ3n) is 13.5. The average Bonchev–Trinajstić information content (AvgIpc) is 3.37. The van der Waals surface area contributed by atoms with E-state index in [1.165, 1.54) is 0 Å². The van der Waals surface area contributed by atoms with Crippen LogP contribution in [0.25, 0.3) is 0 Å². The van der Waals surface area contributed by atoms with Gasteiger partial charge in [-0.05, 0) is 199 Å². The zero-order chi connectivity index (χ0) is 54.5. The standard InChI is InChI=1S/C52H108N14O7/c1-39(67)41(64-52(73)46(66-51(72)44(60-9)28-13-20-34-56-5)30-16-23-36-62-48(69)42(58-7)26-11-18-32-54-3)25-14-22-37-63-49(70)45(65-50(71)43(59-8)27-12-19-33-55-4)29-15-21-35-61-47(68)38-40(57-6)24-10-17-31-53-2/h39-46,53-60,67H,10-38H2,1-9H3,(H,61,68)(H,62,69)(H,63,70)(H,64,73)(H,65,71)(H,66,72). The number of carbonyl (C=O) groups is 6. The Bertz CT molecular complexity index is 1430. The number of rotatable bonds is 50. The summed E-state index contributed by atoms with van der Waals surface area (Å²) in [6.07, 6.45) is 14.6. The summed E-state index contributed by atoms with van der Waals surface area (Å²) in [6, 6.07) is -3.35. The number of nitrogens with one attached hydrogen (secondary N) is 14. The van der Waals surface area contributed by atoms with Crippen molar-refractivity contribution in [1.82, 2.24) is 74.4 Å². The van der Waals surface area contributed by atoms with Crippen molar-refractivity contribution in [2.75, 3.05) is 102 Å². The Morgan fingerprint density at radius 3 is 1.04 bits per heavy atom. The van der Waals surface area contributed by atoms with Crippen molar-refractivity contribution >= 4 is 35.4 Å². The molecule has 0 heterocycles. The third-order valence-corrected chi connectivity index (χ3v) is 13.5. The van der Waals surface area contributed by atoms with Crippen molar-refractivity contribution in [2.45, 2.75) is 197 Å². The van der Waals surface area contributed by atoms with Crippen LogP contribution in [0.5, 0.6) is 0 Å². The van der Waals surface area contributed by atoms with Gasteiger partial charge in [0, 0.05) is 32.1 Å². The number of hydrogen-bond acceptors (Lipinski definition) is 15. The van der Waals surface area contributed by atoms with Gasteiger partial charge in [-0.1, -0.05) is 25.7 Å². The lowest BCUT2D eigenvalue weighted by Gasteiger charge is -2.27. The maximum atomic E-state index is 13.9. The molecule has 0 aromatic heterocycles. The van der Waals surface area contributed by atoms with E-state index in [2.05, 4.69) is 74.4 Å². The van der Waals surface area contributed by atoms with Gasteiger partial charge in [0.1, 0.15) is 12.1 Å². The molecule has 21 heteroatoms. The Kier molecular flexibility index (Phi) is 44.7. The molecule has 0 saturated heterocycles. The number of hydrogen-bond donors (Lipinski definition) is 15. The molecule has 0 aromatic carbocycles. The molecule has 0 saturated carbocycles. The van der Waals surface area contributed by atoms with E-state index < -0.39 is 42.2 Å². The maximum absolute atomic E-state index is 13.9. The number of aliphatic hydroxyl groups excluding tert-OH is 1. The molecule has 0 aliphatic heterocycles. The van der Waals surface area contributed by atoms with Gasteiger partial charge in [-0.15, -0.1) is 0 Å². The second-order valence-corrected chi connectivity index (χ2v) is 19.5. The Labute approximate surface area is 441 Å². The van der Waals surface area contributed by atoms with Crippen molar-refractivity contribution in [3.05, 3.63) is 0 Å². The van der Waals surface area contributed by atoms with Crippen molar-refractivity contribution in [2.24, 2.45) is 0 Å². The van der Waals surface area contributed by atoms with Crippen LogP contribution >= 0.6 is 0 Å². The number of unbranched alkanes of at least 4 members (excludes halogenated alkanes) is 7. The van der Waals surface area contributed by atoms with Crippen LogP contribution in [0.15, 0.2) is 0 Å². The van der Waals surface area contributed by atoms with Crippen LogP contribution in [0, 0.1) is 0 Å². The molecule has 15 N–H and O–H groups in total. The van der Waals surface area contributed by atoms with Crippen LogP contribution in [-0.4, -0.2) is 191 Å². The van der Waals surface area contributed by atoms with Crippen LogP contribution in [-0.2, 0) is 28.8 Å². The summed E-state index contributed by atoms with van der Waals surface area (Å²) in [7, 11) is 14.8. The van der Waals surface area contributed by atoms with Gasteiger partial charge in [-0.2, -0.15) is 0 Å². The number of carbonyl (C=O) groups excluding carboxylic acids is 6. The largest absolute Gasteiger partial charge is 0.391 e. The first-order valence-electron chi connectivity index (χ1n) is 28.0. The van der Waals surface area contributed by atoms with Gasteiger partial charge in [0.2, 0.25) is 35.4 Å². The minimum Gasteiger partial charge on any atom is -0.391 e. The summed E-state index contributed by atoms with van der Waals surface area (Å²) in [4.78, 5) is 80.2. The van der Waals surface area contributed by atoms with E-state index in [0.717, 1.165) is 90.4 Å². The van der Waals surface area contributed by atoms with Crippen LogP contribution < -0.4 is 74.4 Å². The van der Waals surface area contributed by atoms with E-state index in [1.807, 2.05) is 35.2 Å². The van der Waals surface area contributed by atoms with Crippen molar-refractivity contribution in [3.63, 3.8) is 0 Å². The van der Waals surface area contributed by atoms with Gasteiger partial charge in [0.25, 0.3) is 0 Å². The molecule has 6 amide bonds. The Morgan fingerprint density at radius 2 is 0.658 bits per heavy atom. The minimum absolute atomic E-state index is 0.0156. The van der Waals surface area contributed by atoms with Crippen molar-refractivity contribution < 1.29 is 33.9 Å². The lowest BCUT2D eigenvalue weighted by atomic mass is 10.0. The smallest absolute Gasteiger partial charge is 0.242 e. The molecule has 0 spiro atoms. The van der Waals surface area contributed by atoms with Crippen LogP contribution in [0.4, 0.5) is 0 Å².